The van der Waals surface area contributed by atoms with Crippen LogP contribution in [0, 0.1) is 5.92 Å². The summed E-state index contributed by atoms with van der Waals surface area (Å²) in [5.41, 5.74) is 6.83. The summed E-state index contributed by atoms with van der Waals surface area (Å²) in [6, 6.07) is 5.07. The summed E-state index contributed by atoms with van der Waals surface area (Å²) >= 11 is 6.01. The summed E-state index contributed by atoms with van der Waals surface area (Å²) in [6.07, 6.45) is 3.89. The van der Waals surface area contributed by atoms with Crippen molar-refractivity contribution in [2.45, 2.75) is 19.3 Å². The molecule has 4 nitrogen and oxygen atoms in total. The number of amides is 1. The molecule has 0 unspecified atom stereocenters. The number of hydrogen-bond donors (Lipinski definition) is 2. The van der Waals surface area contributed by atoms with Gasteiger partial charge in [0.05, 0.1) is 17.3 Å². The molecule has 1 aromatic rings. The largest absolute Gasteiger partial charge is 0.399 e. The molecule has 3 N–H and O–H groups in total. The van der Waals surface area contributed by atoms with Crippen molar-refractivity contribution in [3.8, 4) is 0 Å². The SMILES string of the molecule is CN(CC(=O)Nc1cc(N)ccc1Cl)CC1CCC1. The van der Waals surface area contributed by atoms with E-state index in [1.54, 1.807) is 18.2 Å². The molecule has 1 amide bonds. The Morgan fingerprint density at radius 3 is 2.89 bits per heavy atom. The predicted octanol–water partition coefficient (Wildman–Crippen LogP) is 2.59. The molecule has 0 atom stereocenters. The van der Waals surface area contributed by atoms with Gasteiger partial charge in [-0.05, 0) is 44.0 Å². The summed E-state index contributed by atoms with van der Waals surface area (Å²) < 4.78 is 0. The maximum atomic E-state index is 11.9. The van der Waals surface area contributed by atoms with Crippen LogP contribution in [-0.2, 0) is 4.79 Å². The van der Waals surface area contributed by atoms with Crippen molar-refractivity contribution in [2.75, 3.05) is 31.2 Å². The molecule has 0 radical (unpaired) electrons. The molecule has 0 heterocycles. The van der Waals surface area contributed by atoms with Crippen molar-refractivity contribution in [1.29, 1.82) is 0 Å². The number of likely N-dealkylation sites (N-methyl/N-ethyl adjacent to an activating group) is 1. The Kier molecular flexibility index (Phi) is 4.66. The maximum absolute atomic E-state index is 11.9. The van der Waals surface area contributed by atoms with Crippen LogP contribution in [0.25, 0.3) is 0 Å². The minimum atomic E-state index is -0.0608. The van der Waals surface area contributed by atoms with E-state index in [4.69, 9.17) is 17.3 Å². The minimum Gasteiger partial charge on any atom is -0.399 e. The van der Waals surface area contributed by atoms with Crippen molar-refractivity contribution in [3.63, 3.8) is 0 Å². The number of carbonyl (C=O) groups excluding carboxylic acids is 1. The number of nitrogens with zero attached hydrogens (tertiary/aromatic N) is 1. The molecular formula is C14H20ClN3O. The number of carbonyl (C=O) groups is 1. The number of anilines is 2. The molecule has 2 rings (SSSR count). The van der Waals surface area contributed by atoms with Crippen LogP contribution in [0.2, 0.25) is 5.02 Å². The lowest BCUT2D eigenvalue weighted by Crippen LogP contribution is -2.35. The second kappa shape index (κ2) is 6.26. The summed E-state index contributed by atoms with van der Waals surface area (Å²) in [5.74, 6) is 0.697. The zero-order valence-corrected chi connectivity index (χ0v) is 11.9. The van der Waals surface area contributed by atoms with E-state index in [1.165, 1.54) is 19.3 Å². The molecule has 0 saturated heterocycles. The van der Waals surface area contributed by atoms with Crippen LogP contribution in [0.5, 0.6) is 0 Å². The van der Waals surface area contributed by atoms with Gasteiger partial charge in [0.1, 0.15) is 0 Å². The molecule has 5 heteroatoms. The Morgan fingerprint density at radius 2 is 2.26 bits per heavy atom. The zero-order valence-electron chi connectivity index (χ0n) is 11.2. The van der Waals surface area contributed by atoms with E-state index in [9.17, 15) is 4.79 Å². The molecule has 1 fully saturated rings. The molecule has 0 bridgehead atoms. The summed E-state index contributed by atoms with van der Waals surface area (Å²) in [7, 11) is 1.97. The van der Waals surface area contributed by atoms with E-state index >= 15 is 0 Å². The quantitative estimate of drug-likeness (QED) is 0.816. The highest BCUT2D eigenvalue weighted by Gasteiger charge is 2.20. The average Bonchev–Trinajstić information content (AvgIpc) is 2.28. The van der Waals surface area contributed by atoms with Crippen molar-refractivity contribution >= 4 is 28.9 Å². The Labute approximate surface area is 118 Å². The third-order valence-electron chi connectivity index (χ3n) is 3.47. The topological polar surface area (TPSA) is 58.4 Å². The fraction of sp³-hybridized carbons (Fsp3) is 0.500. The monoisotopic (exact) mass is 281 g/mol. The lowest BCUT2D eigenvalue weighted by molar-refractivity contribution is -0.117. The van der Waals surface area contributed by atoms with Crippen LogP contribution in [-0.4, -0.2) is 30.9 Å². The van der Waals surface area contributed by atoms with E-state index in [0.29, 0.717) is 22.9 Å². The molecule has 1 saturated carbocycles. The van der Waals surface area contributed by atoms with Crippen molar-refractivity contribution in [1.82, 2.24) is 4.90 Å². The second-order valence-electron chi connectivity index (χ2n) is 5.28. The number of nitrogen functional groups attached to an aromatic ring is 1. The van der Waals surface area contributed by atoms with Crippen LogP contribution >= 0.6 is 11.6 Å². The number of nitrogens with one attached hydrogen (secondary N) is 1. The van der Waals surface area contributed by atoms with E-state index in [2.05, 4.69) is 10.2 Å². The molecule has 1 aliphatic carbocycles. The number of benzene rings is 1. The van der Waals surface area contributed by atoms with Gasteiger partial charge >= 0.3 is 0 Å². The van der Waals surface area contributed by atoms with Gasteiger partial charge in [0.25, 0.3) is 0 Å². The van der Waals surface area contributed by atoms with Gasteiger partial charge in [-0.15, -0.1) is 0 Å². The third-order valence-corrected chi connectivity index (χ3v) is 3.80. The summed E-state index contributed by atoms with van der Waals surface area (Å²) in [6.45, 7) is 1.36. The van der Waals surface area contributed by atoms with Gasteiger partial charge in [0, 0.05) is 12.2 Å². The highest BCUT2D eigenvalue weighted by Crippen LogP contribution is 2.27. The molecule has 19 heavy (non-hydrogen) atoms. The first-order valence-corrected chi connectivity index (χ1v) is 6.96. The summed E-state index contributed by atoms with van der Waals surface area (Å²) in [5, 5.41) is 3.30. The first kappa shape index (κ1) is 14.2. The van der Waals surface area contributed by atoms with Crippen LogP contribution in [0.4, 0.5) is 11.4 Å². The van der Waals surface area contributed by atoms with Crippen LogP contribution in [0.3, 0.4) is 0 Å². The van der Waals surface area contributed by atoms with Crippen molar-refractivity contribution in [3.05, 3.63) is 23.2 Å². The Balaban J connectivity index is 1.84. The summed E-state index contributed by atoms with van der Waals surface area (Å²) in [4.78, 5) is 14.0. The second-order valence-corrected chi connectivity index (χ2v) is 5.69. The Morgan fingerprint density at radius 1 is 1.53 bits per heavy atom. The standard InChI is InChI=1S/C14H20ClN3O/c1-18(8-10-3-2-4-10)9-14(19)17-13-7-11(16)5-6-12(13)15/h5-7,10H,2-4,8-9,16H2,1H3,(H,17,19). The van der Waals surface area contributed by atoms with Crippen molar-refractivity contribution in [2.24, 2.45) is 5.92 Å². The fourth-order valence-corrected chi connectivity index (χ4v) is 2.42. The third kappa shape index (κ3) is 4.11. The predicted molar refractivity (Wildman–Crippen MR) is 79.3 cm³/mol. The lowest BCUT2D eigenvalue weighted by Gasteiger charge is -2.29. The van der Waals surface area contributed by atoms with Crippen LogP contribution in [0.1, 0.15) is 19.3 Å². The fourth-order valence-electron chi connectivity index (χ4n) is 2.25. The smallest absolute Gasteiger partial charge is 0.238 e. The van der Waals surface area contributed by atoms with E-state index in [-0.39, 0.29) is 5.91 Å². The minimum absolute atomic E-state index is 0.0608. The van der Waals surface area contributed by atoms with Gasteiger partial charge in [-0.25, -0.2) is 0 Å². The van der Waals surface area contributed by atoms with Crippen LogP contribution in [0.15, 0.2) is 18.2 Å². The molecule has 0 aromatic heterocycles. The van der Waals surface area contributed by atoms with Gasteiger partial charge in [0.15, 0.2) is 0 Å². The Hall–Kier alpha value is -1.26. The average molecular weight is 282 g/mol. The lowest BCUT2D eigenvalue weighted by atomic mass is 9.85. The van der Waals surface area contributed by atoms with Gasteiger partial charge in [0.2, 0.25) is 5.91 Å². The molecule has 0 spiro atoms. The van der Waals surface area contributed by atoms with E-state index < -0.39 is 0 Å². The van der Waals surface area contributed by atoms with Gasteiger partial charge in [-0.1, -0.05) is 18.0 Å². The van der Waals surface area contributed by atoms with Gasteiger partial charge in [-0.2, -0.15) is 0 Å². The first-order chi connectivity index (χ1) is 9.04. The molecule has 1 aromatic carbocycles. The normalized spacial score (nSPS) is 15.3. The van der Waals surface area contributed by atoms with Gasteiger partial charge < -0.3 is 11.1 Å². The number of rotatable bonds is 5. The number of nitrogens with two attached hydrogens (primary N) is 1. The van der Waals surface area contributed by atoms with Gasteiger partial charge in [-0.3, -0.25) is 9.69 Å². The van der Waals surface area contributed by atoms with E-state index in [0.717, 1.165) is 12.5 Å². The van der Waals surface area contributed by atoms with Crippen molar-refractivity contribution < 1.29 is 4.79 Å². The maximum Gasteiger partial charge on any atom is 0.238 e. The van der Waals surface area contributed by atoms with Crippen LogP contribution < -0.4 is 11.1 Å². The molecule has 104 valence electrons. The number of hydrogen-bond acceptors (Lipinski definition) is 3. The highest BCUT2D eigenvalue weighted by molar-refractivity contribution is 6.33. The zero-order chi connectivity index (χ0) is 13.8. The number of halogens is 1. The molecule has 1 aliphatic rings. The van der Waals surface area contributed by atoms with E-state index in [1.807, 2.05) is 7.05 Å². The molecular weight excluding hydrogens is 262 g/mol. The Bertz CT molecular complexity index is 460. The first-order valence-electron chi connectivity index (χ1n) is 6.58. The highest BCUT2D eigenvalue weighted by atomic mass is 35.5. The molecule has 0 aliphatic heterocycles.